The molecule has 29 heavy (non-hydrogen) atoms. The molecule has 8 heteroatoms. The molecule has 0 spiro atoms. The number of benzene rings is 1. The predicted molar refractivity (Wildman–Crippen MR) is 123 cm³/mol. The third-order valence-electron chi connectivity index (χ3n) is 5.46. The first kappa shape index (κ1) is 25.7. The van der Waals surface area contributed by atoms with E-state index in [1.54, 1.807) is 0 Å². The Morgan fingerprint density at radius 3 is 2.07 bits per heavy atom. The van der Waals surface area contributed by atoms with E-state index in [0.717, 1.165) is 44.0 Å². The van der Waals surface area contributed by atoms with Crippen LogP contribution < -0.4 is 16.0 Å². The Balaban J connectivity index is 0.00000210. The second kappa shape index (κ2) is 13.8. The van der Waals surface area contributed by atoms with Gasteiger partial charge in [-0.1, -0.05) is 12.8 Å². The van der Waals surface area contributed by atoms with Gasteiger partial charge in [-0.3, -0.25) is 14.5 Å². The molecule has 3 rings (SSSR count). The fraction of sp³-hybridized carbons (Fsp3) is 0.619. The Bertz CT molecular complexity index is 614. The highest BCUT2D eigenvalue weighted by atomic mass is 35.5. The molecule has 1 aromatic carbocycles. The van der Waals surface area contributed by atoms with Gasteiger partial charge in [-0.2, -0.15) is 0 Å². The second-order valence-electron chi connectivity index (χ2n) is 7.76. The van der Waals surface area contributed by atoms with Crippen LogP contribution in [0.2, 0.25) is 0 Å². The van der Waals surface area contributed by atoms with Gasteiger partial charge in [0.1, 0.15) is 0 Å². The van der Waals surface area contributed by atoms with Crippen LogP contribution >= 0.6 is 24.8 Å². The molecule has 1 unspecified atom stereocenters. The minimum atomic E-state index is 0. The molecule has 2 fully saturated rings. The highest BCUT2D eigenvalue weighted by Crippen LogP contribution is 2.17. The summed E-state index contributed by atoms with van der Waals surface area (Å²) in [5.41, 5.74) is 1.54. The van der Waals surface area contributed by atoms with Crippen molar-refractivity contribution in [2.75, 3.05) is 43.4 Å². The number of nitrogens with zero attached hydrogens (tertiary/aromatic N) is 1. The summed E-state index contributed by atoms with van der Waals surface area (Å²) in [5, 5.41) is 9.22. The minimum Gasteiger partial charge on any atom is -0.326 e. The highest BCUT2D eigenvalue weighted by Gasteiger charge is 2.16. The van der Waals surface area contributed by atoms with Crippen LogP contribution in [0.3, 0.4) is 0 Å². The average Bonchev–Trinajstić information content (AvgIpc) is 3.05. The maximum atomic E-state index is 12.2. The number of amides is 2. The van der Waals surface area contributed by atoms with Crippen molar-refractivity contribution in [3.63, 3.8) is 0 Å². The largest absolute Gasteiger partial charge is 0.326 e. The molecular formula is C21H34Cl2N4O2. The molecule has 0 radical (unpaired) electrons. The van der Waals surface area contributed by atoms with Crippen molar-refractivity contribution >= 4 is 48.0 Å². The Hall–Kier alpha value is -1.34. The Morgan fingerprint density at radius 1 is 0.931 bits per heavy atom. The lowest BCUT2D eigenvalue weighted by Gasteiger charge is -2.19. The minimum absolute atomic E-state index is 0. The van der Waals surface area contributed by atoms with Crippen LogP contribution in [0.5, 0.6) is 0 Å². The molecule has 3 N–H and O–H groups in total. The van der Waals surface area contributed by atoms with E-state index < -0.39 is 0 Å². The zero-order chi connectivity index (χ0) is 18.9. The van der Waals surface area contributed by atoms with E-state index in [1.807, 2.05) is 24.3 Å². The molecule has 2 heterocycles. The number of carbonyl (C=O) groups excluding carboxylic acids is 2. The number of hydrogen-bond donors (Lipinski definition) is 3. The van der Waals surface area contributed by atoms with Crippen LogP contribution in [0.1, 0.15) is 44.9 Å². The van der Waals surface area contributed by atoms with Gasteiger partial charge in [0.25, 0.3) is 0 Å². The molecule has 164 valence electrons. The second-order valence-corrected chi connectivity index (χ2v) is 7.76. The first-order valence-corrected chi connectivity index (χ1v) is 10.3. The van der Waals surface area contributed by atoms with E-state index in [1.165, 1.54) is 32.1 Å². The van der Waals surface area contributed by atoms with E-state index in [2.05, 4.69) is 20.9 Å². The lowest BCUT2D eigenvalue weighted by molar-refractivity contribution is -0.117. The third kappa shape index (κ3) is 9.34. The van der Waals surface area contributed by atoms with Gasteiger partial charge in [0, 0.05) is 17.8 Å². The number of likely N-dealkylation sites (tertiary alicyclic amines) is 1. The Labute approximate surface area is 186 Å². The summed E-state index contributed by atoms with van der Waals surface area (Å²) in [6.07, 6.45) is 7.55. The summed E-state index contributed by atoms with van der Waals surface area (Å²) in [7, 11) is 0. The van der Waals surface area contributed by atoms with Crippen LogP contribution in [0.15, 0.2) is 24.3 Å². The van der Waals surface area contributed by atoms with Gasteiger partial charge in [-0.15, -0.1) is 24.8 Å². The fourth-order valence-electron chi connectivity index (χ4n) is 3.85. The number of anilines is 2. The van der Waals surface area contributed by atoms with Crippen molar-refractivity contribution < 1.29 is 9.59 Å². The maximum absolute atomic E-state index is 12.2. The van der Waals surface area contributed by atoms with E-state index >= 15 is 0 Å². The highest BCUT2D eigenvalue weighted by molar-refractivity contribution is 5.93. The molecular weight excluding hydrogens is 411 g/mol. The first-order valence-electron chi connectivity index (χ1n) is 10.3. The molecule has 6 nitrogen and oxygen atoms in total. The Kier molecular flexibility index (Phi) is 12.2. The summed E-state index contributed by atoms with van der Waals surface area (Å²) in [6.45, 7) is 4.56. The van der Waals surface area contributed by atoms with Crippen molar-refractivity contribution in [2.24, 2.45) is 5.92 Å². The summed E-state index contributed by atoms with van der Waals surface area (Å²) < 4.78 is 0. The van der Waals surface area contributed by atoms with Crippen LogP contribution in [-0.4, -0.2) is 49.4 Å². The van der Waals surface area contributed by atoms with E-state index in [9.17, 15) is 9.59 Å². The summed E-state index contributed by atoms with van der Waals surface area (Å²) >= 11 is 0. The first-order chi connectivity index (χ1) is 13.2. The standard InChI is InChI=1S/C21H32N4O2.2ClH/c26-20(10-5-17-11-12-22-15-17)23-18-6-8-19(9-7-18)24-21(27)16-25-13-3-1-2-4-14-25;;/h6-9,17,22H,1-5,10-16H2,(H,23,26)(H,24,27);2*1H. The number of carbonyl (C=O) groups is 2. The van der Waals surface area contributed by atoms with Crippen LogP contribution in [0.25, 0.3) is 0 Å². The summed E-state index contributed by atoms with van der Waals surface area (Å²) in [4.78, 5) is 26.5. The molecule has 0 aromatic heterocycles. The van der Waals surface area contributed by atoms with Gasteiger partial charge in [-0.05, 0) is 82.0 Å². The van der Waals surface area contributed by atoms with E-state index in [4.69, 9.17) is 0 Å². The molecule has 2 aliphatic rings. The molecule has 0 aliphatic carbocycles. The molecule has 0 bridgehead atoms. The quantitative estimate of drug-likeness (QED) is 0.599. The van der Waals surface area contributed by atoms with Gasteiger partial charge in [-0.25, -0.2) is 0 Å². The fourth-order valence-corrected chi connectivity index (χ4v) is 3.85. The number of rotatable bonds is 7. The zero-order valence-electron chi connectivity index (χ0n) is 17.0. The summed E-state index contributed by atoms with van der Waals surface area (Å²) in [6, 6.07) is 7.38. The van der Waals surface area contributed by atoms with Crippen LogP contribution in [-0.2, 0) is 9.59 Å². The summed E-state index contributed by atoms with van der Waals surface area (Å²) in [5.74, 6) is 0.705. The van der Waals surface area contributed by atoms with Gasteiger partial charge in [0.15, 0.2) is 0 Å². The number of nitrogens with one attached hydrogen (secondary N) is 3. The lowest BCUT2D eigenvalue weighted by atomic mass is 10.0. The molecule has 2 amide bonds. The molecule has 2 saturated heterocycles. The van der Waals surface area contributed by atoms with Gasteiger partial charge >= 0.3 is 0 Å². The van der Waals surface area contributed by atoms with E-state index in [-0.39, 0.29) is 36.6 Å². The number of hydrogen-bond acceptors (Lipinski definition) is 4. The van der Waals surface area contributed by atoms with Gasteiger partial charge in [0.05, 0.1) is 6.54 Å². The third-order valence-corrected chi connectivity index (χ3v) is 5.46. The number of halogens is 2. The molecule has 0 saturated carbocycles. The van der Waals surface area contributed by atoms with Gasteiger partial charge in [0.2, 0.25) is 11.8 Å². The SMILES string of the molecule is Cl.Cl.O=C(CCC1CCNC1)Nc1ccc(NC(=O)CN2CCCCCC2)cc1. The molecule has 1 aromatic rings. The van der Waals surface area contributed by atoms with Crippen molar-refractivity contribution in [1.29, 1.82) is 0 Å². The van der Waals surface area contributed by atoms with Crippen LogP contribution in [0.4, 0.5) is 11.4 Å². The van der Waals surface area contributed by atoms with E-state index in [0.29, 0.717) is 18.9 Å². The average molecular weight is 445 g/mol. The van der Waals surface area contributed by atoms with Crippen molar-refractivity contribution in [1.82, 2.24) is 10.2 Å². The van der Waals surface area contributed by atoms with Gasteiger partial charge < -0.3 is 16.0 Å². The smallest absolute Gasteiger partial charge is 0.238 e. The van der Waals surface area contributed by atoms with Crippen molar-refractivity contribution in [3.05, 3.63) is 24.3 Å². The maximum Gasteiger partial charge on any atom is 0.238 e. The lowest BCUT2D eigenvalue weighted by Crippen LogP contribution is -2.33. The predicted octanol–water partition coefficient (Wildman–Crippen LogP) is 3.67. The van der Waals surface area contributed by atoms with Crippen molar-refractivity contribution in [3.8, 4) is 0 Å². The topological polar surface area (TPSA) is 73.5 Å². The monoisotopic (exact) mass is 444 g/mol. The van der Waals surface area contributed by atoms with Crippen LogP contribution in [0, 0.1) is 5.92 Å². The normalized spacial score (nSPS) is 19.4. The molecule has 1 atom stereocenters. The molecule has 2 aliphatic heterocycles. The Morgan fingerprint density at radius 2 is 1.52 bits per heavy atom. The zero-order valence-corrected chi connectivity index (χ0v) is 18.6. The van der Waals surface area contributed by atoms with Crippen molar-refractivity contribution in [2.45, 2.75) is 44.9 Å².